The first-order chi connectivity index (χ1) is 26.3. The van der Waals surface area contributed by atoms with Crippen LogP contribution < -0.4 is 0 Å². The molecule has 0 radical (unpaired) electrons. The monoisotopic (exact) mass is 673 g/mol. The fraction of sp³-hybridized carbons (Fsp3) is 0. The summed E-state index contributed by atoms with van der Waals surface area (Å²) in [5, 5.41) is 13.3. The molecule has 53 heavy (non-hydrogen) atoms. The highest BCUT2D eigenvalue weighted by atomic mass is 15.2. The topological polar surface area (TPSA) is 40.0 Å². The molecule has 8 aromatic carbocycles. The largest absolute Gasteiger partial charge is 0.308 e. The lowest BCUT2D eigenvalue weighted by Crippen LogP contribution is -2.07. The van der Waals surface area contributed by atoms with Crippen LogP contribution >= 0.6 is 0 Å². The Bertz CT molecular complexity index is 3640. The van der Waals surface area contributed by atoms with E-state index >= 15 is 0 Å². The van der Waals surface area contributed by atoms with E-state index in [1.54, 1.807) is 0 Å². The molecule has 5 aromatic heterocycles. The molecule has 0 saturated carbocycles. The first-order valence-electron chi connectivity index (χ1n) is 18.1. The van der Waals surface area contributed by atoms with Crippen LogP contribution in [0.1, 0.15) is 0 Å². The fourth-order valence-corrected chi connectivity index (χ4v) is 9.45. The molecule has 5 heteroatoms. The standard InChI is InChI=1S/C48H27N5/c1-2-14-29-28(13-1)25-26-42-43(29)36-27-35-32-17-6-9-21-38(32)51-41-24-12-7-19-34(41)44(45(35)51)46(36)53(42)47-33-18-3-8-20-37(33)49-48(50-47)52-39-22-10-4-15-30(39)31-16-5-11-23-40(31)52/h1-27H. The molecule has 0 aliphatic carbocycles. The number of para-hydroxylation sites is 5. The highest BCUT2D eigenvalue weighted by Gasteiger charge is 2.27. The van der Waals surface area contributed by atoms with Gasteiger partial charge in [-0.25, -0.2) is 4.98 Å². The molecule has 244 valence electrons. The van der Waals surface area contributed by atoms with E-state index in [-0.39, 0.29) is 0 Å². The number of fused-ring (bicyclic) bond motifs is 16. The molecular formula is C48H27N5. The zero-order chi connectivity index (χ0) is 34.4. The minimum absolute atomic E-state index is 0.652. The van der Waals surface area contributed by atoms with Crippen molar-refractivity contribution >= 4 is 103 Å². The smallest absolute Gasteiger partial charge is 0.237 e. The molecule has 0 aliphatic heterocycles. The predicted octanol–water partition coefficient (Wildman–Crippen LogP) is 12.1. The lowest BCUT2D eigenvalue weighted by atomic mass is 10.0. The second-order valence-electron chi connectivity index (χ2n) is 14.2. The second kappa shape index (κ2) is 9.75. The van der Waals surface area contributed by atoms with Gasteiger partial charge in [0.25, 0.3) is 0 Å². The van der Waals surface area contributed by atoms with Gasteiger partial charge in [0, 0.05) is 48.5 Å². The number of aromatic nitrogens is 5. The molecule has 13 rings (SSSR count). The molecule has 0 bridgehead atoms. The Morgan fingerprint density at radius 2 is 0.906 bits per heavy atom. The Balaban J connectivity index is 1.30. The average Bonchev–Trinajstić information content (AvgIpc) is 3.94. The van der Waals surface area contributed by atoms with Crippen molar-refractivity contribution in [3.8, 4) is 11.8 Å². The van der Waals surface area contributed by atoms with Gasteiger partial charge >= 0.3 is 0 Å². The zero-order valence-corrected chi connectivity index (χ0v) is 28.3. The van der Waals surface area contributed by atoms with E-state index < -0.39 is 0 Å². The Kier molecular flexibility index (Phi) is 5.06. The van der Waals surface area contributed by atoms with Crippen LogP contribution in [0.3, 0.4) is 0 Å². The number of rotatable bonds is 2. The minimum Gasteiger partial charge on any atom is -0.308 e. The van der Waals surface area contributed by atoms with Crippen molar-refractivity contribution < 1.29 is 0 Å². The summed E-state index contributed by atoms with van der Waals surface area (Å²) < 4.78 is 7.14. The summed E-state index contributed by atoms with van der Waals surface area (Å²) >= 11 is 0. The van der Waals surface area contributed by atoms with E-state index in [4.69, 9.17) is 9.97 Å². The Hall–Kier alpha value is -7.24. The number of hydrogen-bond acceptors (Lipinski definition) is 2. The third-order valence-electron chi connectivity index (χ3n) is 11.5. The fourth-order valence-electron chi connectivity index (χ4n) is 9.45. The van der Waals surface area contributed by atoms with Crippen LogP contribution in [0.4, 0.5) is 0 Å². The summed E-state index contributed by atoms with van der Waals surface area (Å²) in [4.78, 5) is 10.9. The highest BCUT2D eigenvalue weighted by Crippen LogP contribution is 2.48. The summed E-state index contributed by atoms with van der Waals surface area (Å²) in [6, 6.07) is 59.1. The van der Waals surface area contributed by atoms with Crippen molar-refractivity contribution in [1.82, 2.24) is 23.5 Å². The van der Waals surface area contributed by atoms with Gasteiger partial charge in [-0.05, 0) is 59.3 Å². The van der Waals surface area contributed by atoms with Crippen molar-refractivity contribution in [3.63, 3.8) is 0 Å². The molecule has 0 fully saturated rings. The van der Waals surface area contributed by atoms with Crippen LogP contribution in [0.5, 0.6) is 0 Å². The van der Waals surface area contributed by atoms with Crippen molar-refractivity contribution in [1.29, 1.82) is 0 Å². The van der Waals surface area contributed by atoms with Crippen LogP contribution in [0.2, 0.25) is 0 Å². The van der Waals surface area contributed by atoms with Gasteiger partial charge in [0.15, 0.2) is 5.82 Å². The molecule has 13 aromatic rings. The van der Waals surface area contributed by atoms with Crippen molar-refractivity contribution in [3.05, 3.63) is 164 Å². The summed E-state index contributed by atoms with van der Waals surface area (Å²) in [6.07, 6.45) is 0. The Morgan fingerprint density at radius 1 is 0.340 bits per heavy atom. The highest BCUT2D eigenvalue weighted by molar-refractivity contribution is 6.36. The maximum absolute atomic E-state index is 5.65. The molecule has 0 amide bonds. The van der Waals surface area contributed by atoms with Gasteiger partial charge in [-0.15, -0.1) is 0 Å². The molecule has 0 aliphatic rings. The van der Waals surface area contributed by atoms with Gasteiger partial charge < -0.3 is 4.40 Å². The molecule has 0 saturated heterocycles. The molecule has 0 spiro atoms. The third-order valence-corrected chi connectivity index (χ3v) is 11.5. The zero-order valence-electron chi connectivity index (χ0n) is 28.3. The van der Waals surface area contributed by atoms with E-state index in [0.717, 1.165) is 38.8 Å². The van der Waals surface area contributed by atoms with Crippen LogP contribution in [0, 0.1) is 0 Å². The van der Waals surface area contributed by atoms with Crippen molar-refractivity contribution in [2.45, 2.75) is 0 Å². The summed E-state index contributed by atoms with van der Waals surface area (Å²) in [5.74, 6) is 1.52. The number of benzene rings is 8. The van der Waals surface area contributed by atoms with Gasteiger partial charge in [0.1, 0.15) is 0 Å². The molecule has 5 nitrogen and oxygen atoms in total. The molecule has 0 atom stereocenters. The minimum atomic E-state index is 0.652. The van der Waals surface area contributed by atoms with Crippen LogP contribution in [0.15, 0.2) is 164 Å². The molecule has 5 heterocycles. The van der Waals surface area contributed by atoms with E-state index in [9.17, 15) is 0 Å². The van der Waals surface area contributed by atoms with Crippen molar-refractivity contribution in [2.24, 2.45) is 0 Å². The Labute approximate surface area is 301 Å². The Morgan fingerprint density at radius 3 is 1.64 bits per heavy atom. The van der Waals surface area contributed by atoms with E-state index in [0.29, 0.717) is 5.95 Å². The van der Waals surface area contributed by atoms with Crippen LogP contribution in [-0.4, -0.2) is 23.5 Å². The lowest BCUT2D eigenvalue weighted by Gasteiger charge is -2.14. The number of hydrogen-bond donors (Lipinski definition) is 0. The quantitative estimate of drug-likeness (QED) is 0.183. The first kappa shape index (κ1) is 27.5. The second-order valence-corrected chi connectivity index (χ2v) is 14.2. The number of nitrogens with zero attached hydrogens (tertiary/aromatic N) is 5. The van der Waals surface area contributed by atoms with Gasteiger partial charge in [-0.2, -0.15) is 4.98 Å². The van der Waals surface area contributed by atoms with Crippen LogP contribution in [-0.2, 0) is 0 Å². The maximum atomic E-state index is 5.65. The summed E-state index contributed by atoms with van der Waals surface area (Å²) in [5.41, 5.74) is 9.04. The van der Waals surface area contributed by atoms with Gasteiger partial charge in [-0.1, -0.05) is 115 Å². The third kappa shape index (κ3) is 3.37. The van der Waals surface area contributed by atoms with Gasteiger partial charge in [0.2, 0.25) is 5.95 Å². The maximum Gasteiger partial charge on any atom is 0.237 e. The first-order valence-corrected chi connectivity index (χ1v) is 18.1. The molecular weight excluding hydrogens is 647 g/mol. The lowest BCUT2D eigenvalue weighted by molar-refractivity contribution is 0.973. The van der Waals surface area contributed by atoms with Crippen LogP contribution in [0.25, 0.3) is 115 Å². The SMILES string of the molecule is c1ccc2c(c1)ccc1c2c2cc3c4ccccc4n4c5ccccc5c(c2n1-c1nc(-n2c5ccccc5c5ccccc52)nc2ccccc12)c34. The van der Waals surface area contributed by atoms with Gasteiger partial charge in [0.05, 0.1) is 44.1 Å². The summed E-state index contributed by atoms with van der Waals surface area (Å²) in [6.45, 7) is 0. The average molecular weight is 674 g/mol. The van der Waals surface area contributed by atoms with E-state index in [1.165, 1.54) is 70.4 Å². The molecule has 0 unspecified atom stereocenters. The predicted molar refractivity (Wildman–Crippen MR) is 220 cm³/mol. The van der Waals surface area contributed by atoms with E-state index in [2.05, 4.69) is 177 Å². The molecule has 0 N–H and O–H groups in total. The normalized spacial score (nSPS) is 12.5. The summed E-state index contributed by atoms with van der Waals surface area (Å²) in [7, 11) is 0. The van der Waals surface area contributed by atoms with E-state index in [1.807, 2.05) is 0 Å². The van der Waals surface area contributed by atoms with Gasteiger partial charge in [-0.3, -0.25) is 9.13 Å². The van der Waals surface area contributed by atoms with Crippen molar-refractivity contribution in [2.75, 3.05) is 0 Å².